The molecular formula is C16H18N4O3. The summed E-state index contributed by atoms with van der Waals surface area (Å²) in [6, 6.07) is 9.61. The van der Waals surface area contributed by atoms with E-state index < -0.39 is 5.79 Å². The number of hydrogen-bond donors (Lipinski definition) is 0. The van der Waals surface area contributed by atoms with Gasteiger partial charge in [0.25, 0.3) is 5.91 Å². The van der Waals surface area contributed by atoms with Gasteiger partial charge in [0.15, 0.2) is 5.79 Å². The quantitative estimate of drug-likeness (QED) is 0.834. The first kappa shape index (κ1) is 14.3. The number of benzene rings is 1. The number of rotatable bonds is 2. The largest absolute Gasteiger partial charge is 0.347 e. The number of carbonyl (C=O) groups excluding carboxylic acids is 1. The monoisotopic (exact) mass is 314 g/mol. The fourth-order valence-electron chi connectivity index (χ4n) is 3.04. The Balaban J connectivity index is 1.45. The van der Waals surface area contributed by atoms with Gasteiger partial charge in [0.05, 0.1) is 18.9 Å². The van der Waals surface area contributed by atoms with Crippen LogP contribution in [0.4, 0.5) is 0 Å². The molecule has 1 aromatic carbocycles. The molecule has 0 aliphatic carbocycles. The molecule has 7 nitrogen and oxygen atoms in total. The Morgan fingerprint density at radius 2 is 1.78 bits per heavy atom. The highest BCUT2D eigenvalue weighted by Gasteiger charge is 2.41. The number of piperidine rings is 1. The van der Waals surface area contributed by atoms with Crippen LogP contribution in [-0.2, 0) is 9.47 Å². The highest BCUT2D eigenvalue weighted by molar-refractivity contribution is 5.90. The summed E-state index contributed by atoms with van der Waals surface area (Å²) in [4.78, 5) is 18.5. The summed E-state index contributed by atoms with van der Waals surface area (Å²) in [6.07, 6.45) is 2.95. The molecule has 0 bridgehead atoms. The Kier molecular flexibility index (Phi) is 3.59. The predicted molar refractivity (Wildman–Crippen MR) is 81.1 cm³/mol. The van der Waals surface area contributed by atoms with Crippen LogP contribution in [0.1, 0.15) is 23.5 Å². The summed E-state index contributed by atoms with van der Waals surface area (Å²) in [6.45, 7) is 2.46. The van der Waals surface area contributed by atoms with Gasteiger partial charge in [-0.2, -0.15) is 0 Å². The molecule has 4 rings (SSSR count). The third-order valence-corrected chi connectivity index (χ3v) is 4.33. The van der Waals surface area contributed by atoms with Gasteiger partial charge < -0.3 is 14.4 Å². The van der Waals surface area contributed by atoms with Crippen molar-refractivity contribution in [2.45, 2.75) is 18.6 Å². The average Bonchev–Trinajstić information content (AvgIpc) is 3.26. The van der Waals surface area contributed by atoms with E-state index in [1.54, 1.807) is 15.9 Å². The summed E-state index contributed by atoms with van der Waals surface area (Å²) in [7, 11) is 0. The first-order chi connectivity index (χ1) is 11.3. The molecule has 2 saturated heterocycles. The van der Waals surface area contributed by atoms with Gasteiger partial charge in [-0.25, -0.2) is 9.67 Å². The Morgan fingerprint density at radius 3 is 2.48 bits per heavy atom. The molecule has 2 aliphatic rings. The number of hydrogen-bond acceptors (Lipinski definition) is 5. The summed E-state index contributed by atoms with van der Waals surface area (Å²) in [5.74, 6) is -0.404. The Hall–Kier alpha value is -2.25. The first-order valence-corrected chi connectivity index (χ1v) is 7.80. The molecule has 2 aromatic rings. The molecule has 0 atom stereocenters. The molecule has 23 heavy (non-hydrogen) atoms. The maximum Gasteiger partial charge on any atom is 0.293 e. The summed E-state index contributed by atoms with van der Waals surface area (Å²) < 4.78 is 13.0. The van der Waals surface area contributed by atoms with E-state index in [2.05, 4.69) is 10.1 Å². The molecule has 0 unspecified atom stereocenters. The van der Waals surface area contributed by atoms with Gasteiger partial charge in [-0.3, -0.25) is 4.79 Å². The lowest BCUT2D eigenvalue weighted by atomic mass is 10.0. The molecule has 0 N–H and O–H groups in total. The molecule has 0 saturated carbocycles. The van der Waals surface area contributed by atoms with Crippen LogP contribution in [0.25, 0.3) is 5.69 Å². The fraction of sp³-hybridized carbons (Fsp3) is 0.438. The molecule has 1 amide bonds. The minimum absolute atomic E-state index is 0.146. The molecule has 1 aromatic heterocycles. The van der Waals surface area contributed by atoms with Crippen molar-refractivity contribution in [2.24, 2.45) is 0 Å². The van der Waals surface area contributed by atoms with Crippen molar-refractivity contribution in [2.75, 3.05) is 26.3 Å². The zero-order chi connectivity index (χ0) is 15.7. The molecule has 1 spiro atoms. The van der Waals surface area contributed by atoms with Crippen LogP contribution in [0.2, 0.25) is 0 Å². The Labute approximate surface area is 133 Å². The SMILES string of the molecule is O=C(c1ncn(-c2ccccc2)n1)N1CCC2(CC1)OCCO2. The van der Waals surface area contributed by atoms with Gasteiger partial charge >= 0.3 is 0 Å². The van der Waals surface area contributed by atoms with E-state index in [1.165, 1.54) is 0 Å². The van der Waals surface area contributed by atoms with Gasteiger partial charge in [-0.15, -0.1) is 5.10 Å². The van der Waals surface area contributed by atoms with E-state index in [0.717, 1.165) is 5.69 Å². The van der Waals surface area contributed by atoms with Crippen molar-refractivity contribution in [1.29, 1.82) is 0 Å². The first-order valence-electron chi connectivity index (χ1n) is 7.80. The zero-order valence-corrected chi connectivity index (χ0v) is 12.7. The Morgan fingerprint density at radius 1 is 1.09 bits per heavy atom. The lowest BCUT2D eigenvalue weighted by Gasteiger charge is -2.37. The van der Waals surface area contributed by atoms with Crippen molar-refractivity contribution in [3.05, 3.63) is 42.5 Å². The third kappa shape index (κ3) is 2.73. The smallest absolute Gasteiger partial charge is 0.293 e. The van der Waals surface area contributed by atoms with Crippen molar-refractivity contribution in [1.82, 2.24) is 19.7 Å². The van der Waals surface area contributed by atoms with E-state index in [1.807, 2.05) is 30.3 Å². The number of para-hydroxylation sites is 1. The number of aromatic nitrogens is 3. The maximum atomic E-state index is 12.6. The molecule has 2 fully saturated rings. The van der Waals surface area contributed by atoms with Crippen molar-refractivity contribution >= 4 is 5.91 Å². The van der Waals surface area contributed by atoms with E-state index >= 15 is 0 Å². The van der Waals surface area contributed by atoms with Crippen LogP contribution in [0.3, 0.4) is 0 Å². The summed E-state index contributed by atoms with van der Waals surface area (Å²) >= 11 is 0. The van der Waals surface area contributed by atoms with E-state index in [9.17, 15) is 4.79 Å². The van der Waals surface area contributed by atoms with Crippen molar-refractivity contribution in [3.63, 3.8) is 0 Å². The summed E-state index contributed by atoms with van der Waals surface area (Å²) in [5.41, 5.74) is 0.879. The molecule has 120 valence electrons. The molecule has 3 heterocycles. The van der Waals surface area contributed by atoms with Gasteiger partial charge in [0, 0.05) is 25.9 Å². The zero-order valence-electron chi connectivity index (χ0n) is 12.7. The van der Waals surface area contributed by atoms with Crippen LogP contribution in [0.15, 0.2) is 36.7 Å². The number of nitrogens with zero attached hydrogens (tertiary/aromatic N) is 4. The second kappa shape index (κ2) is 5.75. The minimum Gasteiger partial charge on any atom is -0.347 e. The predicted octanol–water partition coefficient (Wildman–Crippen LogP) is 1.25. The van der Waals surface area contributed by atoms with Gasteiger partial charge in [0.2, 0.25) is 5.82 Å². The van der Waals surface area contributed by atoms with E-state index in [0.29, 0.717) is 39.1 Å². The molecule has 2 aliphatic heterocycles. The lowest BCUT2D eigenvalue weighted by molar-refractivity contribution is -0.181. The van der Waals surface area contributed by atoms with Crippen LogP contribution in [-0.4, -0.2) is 57.7 Å². The van der Waals surface area contributed by atoms with Crippen LogP contribution < -0.4 is 0 Å². The number of likely N-dealkylation sites (tertiary alicyclic amines) is 1. The van der Waals surface area contributed by atoms with E-state index in [4.69, 9.17) is 9.47 Å². The van der Waals surface area contributed by atoms with Crippen LogP contribution in [0.5, 0.6) is 0 Å². The molecule has 7 heteroatoms. The summed E-state index contributed by atoms with van der Waals surface area (Å²) in [5, 5.41) is 4.30. The molecule has 0 radical (unpaired) electrons. The number of amides is 1. The maximum absolute atomic E-state index is 12.6. The third-order valence-electron chi connectivity index (χ3n) is 4.33. The average molecular weight is 314 g/mol. The highest BCUT2D eigenvalue weighted by Crippen LogP contribution is 2.31. The molecular weight excluding hydrogens is 296 g/mol. The highest BCUT2D eigenvalue weighted by atomic mass is 16.7. The van der Waals surface area contributed by atoms with Crippen molar-refractivity contribution in [3.8, 4) is 5.69 Å². The number of carbonyl (C=O) groups is 1. The Bertz CT molecular complexity index is 684. The van der Waals surface area contributed by atoms with Gasteiger partial charge in [-0.05, 0) is 12.1 Å². The second-order valence-electron chi connectivity index (χ2n) is 5.75. The van der Waals surface area contributed by atoms with Crippen molar-refractivity contribution < 1.29 is 14.3 Å². The van der Waals surface area contributed by atoms with Gasteiger partial charge in [0.1, 0.15) is 6.33 Å². The minimum atomic E-state index is -0.479. The lowest BCUT2D eigenvalue weighted by Crippen LogP contribution is -2.47. The topological polar surface area (TPSA) is 69.5 Å². The normalized spacial score (nSPS) is 20.1. The van der Waals surface area contributed by atoms with E-state index in [-0.39, 0.29) is 11.7 Å². The van der Waals surface area contributed by atoms with Crippen LogP contribution >= 0.6 is 0 Å². The standard InChI is InChI=1S/C16H18N4O3/c21-15(19-8-6-16(7-9-19)22-10-11-23-16)14-17-12-20(18-14)13-4-2-1-3-5-13/h1-5,12H,6-11H2. The number of ether oxygens (including phenoxy) is 2. The van der Waals surface area contributed by atoms with Crippen LogP contribution in [0, 0.1) is 0 Å². The fourth-order valence-corrected chi connectivity index (χ4v) is 3.04. The van der Waals surface area contributed by atoms with Gasteiger partial charge in [-0.1, -0.05) is 18.2 Å². The second-order valence-corrected chi connectivity index (χ2v) is 5.75.